The van der Waals surface area contributed by atoms with E-state index < -0.39 is 0 Å². The fourth-order valence-electron chi connectivity index (χ4n) is 2.25. The van der Waals surface area contributed by atoms with Crippen LogP contribution in [0.5, 0.6) is 5.75 Å². The number of nitrogens with zero attached hydrogens (tertiary/aromatic N) is 2. The Morgan fingerprint density at radius 3 is 2.62 bits per heavy atom. The van der Waals surface area contributed by atoms with Crippen molar-refractivity contribution in [3.8, 4) is 5.75 Å². The number of methoxy groups -OCH3 is 1. The zero-order valence-corrected chi connectivity index (χ0v) is 17.8. The number of hydrogen-bond acceptors (Lipinski definition) is 4. The van der Waals surface area contributed by atoms with Gasteiger partial charge in [-0.1, -0.05) is 18.2 Å². The van der Waals surface area contributed by atoms with E-state index in [1.54, 1.807) is 20.4 Å². The standard InChI is InChI=1S/C19H26N4O2.HI/c1-15-7-8-16(18(12-15)25-11-10-24-3)13-22-19(20-2)23-14-17-6-4-5-9-21-17;/h4-9,12H,10-11,13-14H2,1-3H3,(H2,20,22,23);1H. The Morgan fingerprint density at radius 2 is 1.92 bits per heavy atom. The van der Waals surface area contributed by atoms with Crippen molar-refractivity contribution in [2.45, 2.75) is 20.0 Å². The van der Waals surface area contributed by atoms with Crippen molar-refractivity contribution in [2.24, 2.45) is 4.99 Å². The number of nitrogens with one attached hydrogen (secondary N) is 2. The zero-order valence-electron chi connectivity index (χ0n) is 15.5. The Hall–Kier alpha value is -1.87. The minimum absolute atomic E-state index is 0. The summed E-state index contributed by atoms with van der Waals surface area (Å²) in [6.07, 6.45) is 1.78. The van der Waals surface area contributed by atoms with E-state index >= 15 is 0 Å². The summed E-state index contributed by atoms with van der Waals surface area (Å²) < 4.78 is 10.9. The third-order valence-electron chi connectivity index (χ3n) is 3.60. The van der Waals surface area contributed by atoms with E-state index in [9.17, 15) is 0 Å². The maximum Gasteiger partial charge on any atom is 0.191 e. The van der Waals surface area contributed by atoms with Gasteiger partial charge in [0.05, 0.1) is 18.8 Å². The molecule has 0 radical (unpaired) electrons. The molecule has 2 rings (SSSR count). The van der Waals surface area contributed by atoms with E-state index in [0.717, 1.165) is 22.6 Å². The average Bonchev–Trinajstić information content (AvgIpc) is 2.64. The number of pyridine rings is 1. The summed E-state index contributed by atoms with van der Waals surface area (Å²) in [5.74, 6) is 1.58. The molecule has 0 aliphatic heterocycles. The largest absolute Gasteiger partial charge is 0.491 e. The fraction of sp³-hybridized carbons (Fsp3) is 0.368. The summed E-state index contributed by atoms with van der Waals surface area (Å²) >= 11 is 0. The van der Waals surface area contributed by atoms with Gasteiger partial charge in [0.15, 0.2) is 5.96 Å². The third-order valence-corrected chi connectivity index (χ3v) is 3.60. The Labute approximate surface area is 172 Å². The van der Waals surface area contributed by atoms with Crippen LogP contribution >= 0.6 is 24.0 Å². The van der Waals surface area contributed by atoms with Crippen molar-refractivity contribution in [2.75, 3.05) is 27.4 Å². The number of benzene rings is 1. The lowest BCUT2D eigenvalue weighted by Gasteiger charge is -2.15. The maximum absolute atomic E-state index is 5.82. The van der Waals surface area contributed by atoms with Crippen LogP contribution in [0.25, 0.3) is 0 Å². The topological polar surface area (TPSA) is 67.8 Å². The number of hydrogen-bond donors (Lipinski definition) is 2. The molecule has 0 bridgehead atoms. The Morgan fingerprint density at radius 1 is 1.12 bits per heavy atom. The van der Waals surface area contributed by atoms with E-state index in [2.05, 4.69) is 32.7 Å². The Balaban J connectivity index is 0.00000338. The van der Waals surface area contributed by atoms with Crippen molar-refractivity contribution < 1.29 is 9.47 Å². The summed E-state index contributed by atoms with van der Waals surface area (Å²) in [6.45, 7) is 4.37. The van der Waals surface area contributed by atoms with E-state index in [1.807, 2.05) is 31.2 Å². The molecule has 26 heavy (non-hydrogen) atoms. The van der Waals surface area contributed by atoms with Gasteiger partial charge in [-0.25, -0.2) is 0 Å². The highest BCUT2D eigenvalue weighted by molar-refractivity contribution is 14.0. The lowest BCUT2D eigenvalue weighted by molar-refractivity contribution is 0.145. The SMILES string of the molecule is CN=C(NCc1ccccn1)NCc1ccc(C)cc1OCCOC.I. The first-order valence-electron chi connectivity index (χ1n) is 8.28. The van der Waals surface area contributed by atoms with Gasteiger partial charge in [0, 0.05) is 32.5 Å². The number of ether oxygens (including phenoxy) is 2. The molecule has 1 aromatic carbocycles. The fourth-order valence-corrected chi connectivity index (χ4v) is 2.25. The zero-order chi connectivity index (χ0) is 17.9. The highest BCUT2D eigenvalue weighted by atomic mass is 127. The van der Waals surface area contributed by atoms with Crippen LogP contribution in [0.4, 0.5) is 0 Å². The van der Waals surface area contributed by atoms with E-state index in [0.29, 0.717) is 32.3 Å². The van der Waals surface area contributed by atoms with Crippen LogP contribution in [0.3, 0.4) is 0 Å². The Kier molecular flexibility index (Phi) is 10.6. The second kappa shape index (κ2) is 12.5. The molecule has 1 aromatic heterocycles. The molecule has 0 saturated carbocycles. The smallest absolute Gasteiger partial charge is 0.191 e. The summed E-state index contributed by atoms with van der Waals surface area (Å²) in [6, 6.07) is 12.0. The molecule has 6 nitrogen and oxygen atoms in total. The molecule has 7 heteroatoms. The van der Waals surface area contributed by atoms with Crippen LogP contribution in [-0.2, 0) is 17.8 Å². The van der Waals surface area contributed by atoms with Gasteiger partial charge in [-0.15, -0.1) is 24.0 Å². The number of halogens is 1. The van der Waals surface area contributed by atoms with Gasteiger partial charge in [0.1, 0.15) is 12.4 Å². The van der Waals surface area contributed by atoms with E-state index in [4.69, 9.17) is 9.47 Å². The maximum atomic E-state index is 5.82. The predicted molar refractivity (Wildman–Crippen MR) is 115 cm³/mol. The van der Waals surface area contributed by atoms with Crippen LogP contribution < -0.4 is 15.4 Å². The minimum Gasteiger partial charge on any atom is -0.491 e. The molecule has 0 fully saturated rings. The first-order valence-corrected chi connectivity index (χ1v) is 8.28. The van der Waals surface area contributed by atoms with Gasteiger partial charge in [-0.3, -0.25) is 9.98 Å². The quantitative estimate of drug-likeness (QED) is 0.269. The van der Waals surface area contributed by atoms with Crippen LogP contribution in [0.1, 0.15) is 16.8 Å². The molecule has 0 spiro atoms. The summed E-state index contributed by atoms with van der Waals surface area (Å²) in [4.78, 5) is 8.54. The molecule has 2 N–H and O–H groups in total. The normalized spacial score (nSPS) is 10.8. The van der Waals surface area contributed by atoms with Crippen LogP contribution in [0, 0.1) is 6.92 Å². The number of aliphatic imine (C=N–C) groups is 1. The van der Waals surface area contributed by atoms with Crippen LogP contribution in [0.2, 0.25) is 0 Å². The van der Waals surface area contributed by atoms with E-state index in [-0.39, 0.29) is 24.0 Å². The average molecular weight is 470 g/mol. The second-order valence-electron chi connectivity index (χ2n) is 5.55. The third kappa shape index (κ3) is 7.57. The lowest BCUT2D eigenvalue weighted by Crippen LogP contribution is -2.36. The molecule has 0 amide bonds. The monoisotopic (exact) mass is 470 g/mol. The molecule has 1 heterocycles. The molecule has 2 aromatic rings. The number of guanidine groups is 1. The molecule has 142 valence electrons. The highest BCUT2D eigenvalue weighted by Crippen LogP contribution is 2.20. The molecule has 0 aliphatic carbocycles. The van der Waals surface area contributed by atoms with Crippen molar-refractivity contribution in [3.63, 3.8) is 0 Å². The molecule has 0 aliphatic rings. The Bertz CT molecular complexity index is 680. The van der Waals surface area contributed by atoms with Gasteiger partial charge in [0.25, 0.3) is 0 Å². The number of rotatable bonds is 8. The summed E-state index contributed by atoms with van der Waals surface area (Å²) in [5.41, 5.74) is 3.20. The van der Waals surface area contributed by atoms with Crippen molar-refractivity contribution in [1.82, 2.24) is 15.6 Å². The van der Waals surface area contributed by atoms with Crippen molar-refractivity contribution in [1.29, 1.82) is 0 Å². The first-order chi connectivity index (χ1) is 12.2. The van der Waals surface area contributed by atoms with E-state index in [1.165, 1.54) is 0 Å². The first kappa shape index (κ1) is 22.2. The molecule has 0 unspecified atom stereocenters. The van der Waals surface area contributed by atoms with Crippen LogP contribution in [0.15, 0.2) is 47.6 Å². The van der Waals surface area contributed by atoms with Crippen LogP contribution in [-0.4, -0.2) is 38.3 Å². The second-order valence-corrected chi connectivity index (χ2v) is 5.55. The highest BCUT2D eigenvalue weighted by Gasteiger charge is 2.06. The molecular weight excluding hydrogens is 443 g/mol. The van der Waals surface area contributed by atoms with Gasteiger partial charge in [0.2, 0.25) is 0 Å². The number of aromatic nitrogens is 1. The van der Waals surface area contributed by atoms with Gasteiger partial charge in [-0.2, -0.15) is 0 Å². The van der Waals surface area contributed by atoms with Crippen molar-refractivity contribution in [3.05, 3.63) is 59.4 Å². The lowest BCUT2D eigenvalue weighted by atomic mass is 10.1. The summed E-state index contributed by atoms with van der Waals surface area (Å²) in [5, 5.41) is 6.56. The van der Waals surface area contributed by atoms with Gasteiger partial charge < -0.3 is 20.1 Å². The van der Waals surface area contributed by atoms with Gasteiger partial charge >= 0.3 is 0 Å². The predicted octanol–water partition coefficient (Wildman–Crippen LogP) is 2.90. The van der Waals surface area contributed by atoms with Gasteiger partial charge in [-0.05, 0) is 30.7 Å². The molecule has 0 saturated heterocycles. The van der Waals surface area contributed by atoms with Crippen molar-refractivity contribution >= 4 is 29.9 Å². The number of aryl methyl sites for hydroxylation is 1. The molecular formula is C19H27IN4O2. The molecule has 0 atom stereocenters. The summed E-state index contributed by atoms with van der Waals surface area (Å²) in [7, 11) is 3.41. The minimum atomic E-state index is 0.